The Morgan fingerprint density at radius 1 is 0.956 bits per heavy atom. The molecule has 0 fully saturated rings. The highest BCUT2D eigenvalue weighted by atomic mass is 32.1. The first-order valence-electron chi connectivity index (χ1n) is 14.5. The van der Waals surface area contributed by atoms with Crippen LogP contribution in [0.25, 0.3) is 16.8 Å². The molecule has 5 aromatic rings. The van der Waals surface area contributed by atoms with Gasteiger partial charge < -0.3 is 18.9 Å². The van der Waals surface area contributed by atoms with E-state index in [9.17, 15) is 9.59 Å². The van der Waals surface area contributed by atoms with Gasteiger partial charge in [0.2, 0.25) is 0 Å². The molecule has 1 aromatic heterocycles. The number of carbonyl (C=O) groups is 1. The first kappa shape index (κ1) is 29.9. The zero-order valence-electron chi connectivity index (χ0n) is 25.4. The van der Waals surface area contributed by atoms with Crippen LogP contribution in [0.1, 0.15) is 36.6 Å². The molecule has 8 nitrogen and oxygen atoms in total. The first-order valence-corrected chi connectivity index (χ1v) is 15.3. The van der Waals surface area contributed by atoms with Crippen molar-refractivity contribution in [3.05, 3.63) is 133 Å². The molecule has 45 heavy (non-hydrogen) atoms. The molecule has 0 bridgehead atoms. The van der Waals surface area contributed by atoms with Crippen molar-refractivity contribution in [1.82, 2.24) is 4.57 Å². The fourth-order valence-electron chi connectivity index (χ4n) is 5.52. The highest BCUT2D eigenvalue weighted by molar-refractivity contribution is 7.07. The van der Waals surface area contributed by atoms with Crippen molar-refractivity contribution >= 4 is 34.2 Å². The van der Waals surface area contributed by atoms with Crippen LogP contribution in [0.4, 0.5) is 0 Å². The lowest BCUT2D eigenvalue weighted by molar-refractivity contribution is -0.139. The molecule has 1 aliphatic rings. The molecule has 0 saturated heterocycles. The fourth-order valence-corrected chi connectivity index (χ4v) is 6.57. The van der Waals surface area contributed by atoms with E-state index >= 15 is 0 Å². The third kappa shape index (κ3) is 5.86. The van der Waals surface area contributed by atoms with Crippen molar-refractivity contribution in [2.24, 2.45) is 4.99 Å². The second kappa shape index (κ2) is 12.8. The van der Waals surface area contributed by atoms with Crippen molar-refractivity contribution in [3.63, 3.8) is 0 Å². The number of rotatable bonds is 9. The lowest BCUT2D eigenvalue weighted by Gasteiger charge is -2.25. The summed E-state index contributed by atoms with van der Waals surface area (Å²) in [6, 6.07) is 26.6. The Bertz CT molecular complexity index is 2110. The van der Waals surface area contributed by atoms with Gasteiger partial charge in [0.05, 0.1) is 42.7 Å². The number of methoxy groups -OCH3 is 2. The number of ether oxygens (including phenoxy) is 4. The summed E-state index contributed by atoms with van der Waals surface area (Å²) in [5.74, 6) is 1.23. The SMILES string of the molecule is CCOC(=O)C1=C(C)N=c2s/c(=C/c3ccc(OCc4cccc5ccccc45)cc3)c(=O)n2[C@H]1c1ccc(OC)c(OC)c1. The number of hydrogen-bond acceptors (Lipinski definition) is 8. The summed E-state index contributed by atoms with van der Waals surface area (Å²) in [5.41, 5.74) is 3.15. The molecule has 9 heteroatoms. The minimum absolute atomic E-state index is 0.195. The smallest absolute Gasteiger partial charge is 0.338 e. The van der Waals surface area contributed by atoms with E-state index in [0.717, 1.165) is 16.9 Å². The predicted molar refractivity (Wildman–Crippen MR) is 175 cm³/mol. The summed E-state index contributed by atoms with van der Waals surface area (Å²) in [7, 11) is 3.10. The summed E-state index contributed by atoms with van der Waals surface area (Å²) >= 11 is 1.27. The average Bonchev–Trinajstić information content (AvgIpc) is 3.36. The molecule has 0 unspecified atom stereocenters. The highest BCUT2D eigenvalue weighted by Gasteiger charge is 2.34. The molecule has 1 aliphatic heterocycles. The maximum absolute atomic E-state index is 14.0. The summed E-state index contributed by atoms with van der Waals surface area (Å²) in [4.78, 5) is 32.3. The van der Waals surface area contributed by atoms with Gasteiger partial charge in [0.1, 0.15) is 12.4 Å². The Balaban J connectivity index is 1.34. The van der Waals surface area contributed by atoms with Crippen LogP contribution < -0.4 is 29.1 Å². The minimum atomic E-state index is -0.757. The maximum atomic E-state index is 14.0. The van der Waals surface area contributed by atoms with Gasteiger partial charge in [-0.15, -0.1) is 0 Å². The zero-order valence-corrected chi connectivity index (χ0v) is 26.2. The third-order valence-corrected chi connectivity index (χ3v) is 8.68. The van der Waals surface area contributed by atoms with E-state index in [1.54, 1.807) is 44.8 Å². The van der Waals surface area contributed by atoms with Gasteiger partial charge in [0, 0.05) is 0 Å². The fraction of sp³-hybridized carbons (Fsp3) is 0.194. The Kier molecular flexibility index (Phi) is 8.53. The van der Waals surface area contributed by atoms with Crippen molar-refractivity contribution in [3.8, 4) is 17.2 Å². The number of carbonyl (C=O) groups excluding carboxylic acids is 1. The van der Waals surface area contributed by atoms with Crippen LogP contribution in [0.3, 0.4) is 0 Å². The Hall–Kier alpha value is -5.15. The lowest BCUT2D eigenvalue weighted by Crippen LogP contribution is -2.39. The van der Waals surface area contributed by atoms with Crippen LogP contribution in [-0.2, 0) is 16.1 Å². The Morgan fingerprint density at radius 3 is 2.47 bits per heavy atom. The predicted octanol–water partition coefficient (Wildman–Crippen LogP) is 5.55. The molecule has 0 amide bonds. The minimum Gasteiger partial charge on any atom is -0.493 e. The molecular weight excluding hydrogens is 588 g/mol. The Morgan fingerprint density at radius 2 is 1.71 bits per heavy atom. The van der Waals surface area contributed by atoms with Gasteiger partial charge in [-0.25, -0.2) is 9.79 Å². The number of esters is 1. The molecule has 1 atom stereocenters. The number of benzene rings is 4. The standard InChI is InChI=1S/C36H32N2O6S/c1-5-43-35(40)32-22(2)37-36-38(33(32)25-15-18-29(41-3)30(20-25)42-4)34(39)31(45-36)19-23-13-16-27(17-14-23)44-21-26-11-8-10-24-9-6-7-12-28(24)26/h6-20,33H,5,21H2,1-4H3/b31-19+/t33-/m0/s1. The number of nitrogens with zero attached hydrogens (tertiary/aromatic N) is 2. The van der Waals surface area contributed by atoms with Crippen molar-refractivity contribution < 1.29 is 23.7 Å². The van der Waals surface area contributed by atoms with E-state index in [-0.39, 0.29) is 12.2 Å². The molecule has 0 radical (unpaired) electrons. The lowest BCUT2D eigenvalue weighted by atomic mass is 9.95. The largest absolute Gasteiger partial charge is 0.493 e. The molecule has 0 saturated carbocycles. The first-order chi connectivity index (χ1) is 21.9. The van der Waals surface area contributed by atoms with Gasteiger partial charge in [0.25, 0.3) is 5.56 Å². The van der Waals surface area contributed by atoms with Crippen LogP contribution in [-0.4, -0.2) is 31.4 Å². The zero-order chi connectivity index (χ0) is 31.5. The van der Waals surface area contributed by atoms with Gasteiger partial charge >= 0.3 is 5.97 Å². The van der Waals surface area contributed by atoms with E-state index in [1.807, 2.05) is 54.6 Å². The third-order valence-electron chi connectivity index (χ3n) is 7.69. The quantitative estimate of drug-likeness (QED) is 0.201. The Labute approximate surface area is 264 Å². The van der Waals surface area contributed by atoms with Crippen LogP contribution in [0.5, 0.6) is 17.2 Å². The normalized spacial score (nSPS) is 14.6. The van der Waals surface area contributed by atoms with Gasteiger partial charge in [-0.1, -0.05) is 72.0 Å². The summed E-state index contributed by atoms with van der Waals surface area (Å²) in [6.45, 7) is 4.14. The molecule has 6 rings (SSSR count). The van der Waals surface area contributed by atoms with Crippen LogP contribution in [0.15, 0.2) is 106 Å². The molecule has 0 aliphatic carbocycles. The molecular formula is C36H32N2O6S. The van der Waals surface area contributed by atoms with Crippen molar-refractivity contribution in [1.29, 1.82) is 0 Å². The number of thiazole rings is 1. The van der Waals surface area contributed by atoms with Gasteiger partial charge in [-0.05, 0) is 71.7 Å². The number of aromatic nitrogens is 1. The summed E-state index contributed by atoms with van der Waals surface area (Å²) < 4.78 is 24.5. The average molecular weight is 621 g/mol. The molecule has 2 heterocycles. The number of fused-ring (bicyclic) bond motifs is 2. The number of allylic oxidation sites excluding steroid dienone is 1. The molecule has 4 aromatic carbocycles. The van der Waals surface area contributed by atoms with Gasteiger partial charge in [0.15, 0.2) is 16.3 Å². The summed E-state index contributed by atoms with van der Waals surface area (Å²) in [6.07, 6.45) is 1.83. The molecule has 0 N–H and O–H groups in total. The second-order valence-corrected chi connectivity index (χ2v) is 11.4. The van der Waals surface area contributed by atoms with Gasteiger partial charge in [-0.2, -0.15) is 0 Å². The van der Waals surface area contributed by atoms with Crippen molar-refractivity contribution in [2.45, 2.75) is 26.5 Å². The molecule has 0 spiro atoms. The maximum Gasteiger partial charge on any atom is 0.338 e. The van der Waals surface area contributed by atoms with Gasteiger partial charge in [-0.3, -0.25) is 9.36 Å². The van der Waals surface area contributed by atoms with E-state index in [2.05, 4.69) is 29.3 Å². The van der Waals surface area contributed by atoms with E-state index < -0.39 is 12.0 Å². The molecule has 228 valence electrons. The van der Waals surface area contributed by atoms with E-state index in [0.29, 0.717) is 44.3 Å². The van der Waals surface area contributed by atoms with Crippen LogP contribution in [0, 0.1) is 0 Å². The van der Waals surface area contributed by atoms with Crippen LogP contribution in [0.2, 0.25) is 0 Å². The van der Waals surface area contributed by atoms with E-state index in [4.69, 9.17) is 18.9 Å². The monoisotopic (exact) mass is 620 g/mol. The van der Waals surface area contributed by atoms with Crippen molar-refractivity contribution in [2.75, 3.05) is 20.8 Å². The van der Waals surface area contributed by atoms with Crippen LogP contribution >= 0.6 is 11.3 Å². The number of hydrogen-bond donors (Lipinski definition) is 0. The second-order valence-electron chi connectivity index (χ2n) is 10.4. The van der Waals surface area contributed by atoms with E-state index in [1.165, 1.54) is 22.1 Å². The topological polar surface area (TPSA) is 88.4 Å². The summed E-state index contributed by atoms with van der Waals surface area (Å²) in [5, 5.41) is 2.34. The highest BCUT2D eigenvalue weighted by Crippen LogP contribution is 2.36.